The van der Waals surface area contributed by atoms with Crippen molar-refractivity contribution in [2.45, 2.75) is 33.3 Å². The van der Waals surface area contributed by atoms with Crippen molar-refractivity contribution in [1.82, 2.24) is 0 Å². The van der Waals surface area contributed by atoms with Crippen molar-refractivity contribution in [2.75, 3.05) is 20.3 Å². The van der Waals surface area contributed by atoms with Crippen LogP contribution >= 0.6 is 0 Å². The second kappa shape index (κ2) is 4.10. The van der Waals surface area contributed by atoms with Crippen LogP contribution in [0.25, 0.3) is 0 Å². The van der Waals surface area contributed by atoms with E-state index in [9.17, 15) is 4.79 Å². The van der Waals surface area contributed by atoms with E-state index in [-0.39, 0.29) is 5.41 Å². The van der Waals surface area contributed by atoms with E-state index in [0.717, 1.165) is 6.42 Å². The maximum Gasteiger partial charge on any atom is 0.333 e. The largest absolute Gasteiger partial charge is 0.479 e. The van der Waals surface area contributed by atoms with Crippen LogP contribution in [0.4, 0.5) is 0 Å². The summed E-state index contributed by atoms with van der Waals surface area (Å²) >= 11 is 0. The molecule has 0 saturated carbocycles. The first-order valence-electron chi connectivity index (χ1n) is 5.24. The summed E-state index contributed by atoms with van der Waals surface area (Å²) in [6.07, 6.45) is 0.133. The van der Waals surface area contributed by atoms with E-state index in [2.05, 4.69) is 6.92 Å². The average molecular weight is 216 g/mol. The summed E-state index contributed by atoms with van der Waals surface area (Å²) in [5.74, 6) is -0.901. The summed E-state index contributed by atoms with van der Waals surface area (Å²) in [6.45, 7) is 7.22. The minimum Gasteiger partial charge on any atom is -0.479 e. The zero-order valence-corrected chi connectivity index (χ0v) is 9.87. The molecule has 0 spiro atoms. The fourth-order valence-corrected chi connectivity index (χ4v) is 2.36. The van der Waals surface area contributed by atoms with Crippen LogP contribution in [0, 0.1) is 10.8 Å². The van der Waals surface area contributed by atoms with Crippen molar-refractivity contribution >= 4 is 5.97 Å². The Morgan fingerprint density at radius 3 is 2.33 bits per heavy atom. The third kappa shape index (κ3) is 1.76. The normalized spacial score (nSPS) is 21.9. The Hall–Kier alpha value is -0.610. The number of hydrogen-bond donors (Lipinski definition) is 1. The highest BCUT2D eigenvalue weighted by molar-refractivity contribution is 5.73. The number of ether oxygens (including phenoxy) is 2. The van der Waals surface area contributed by atoms with Crippen LogP contribution in [-0.2, 0) is 14.3 Å². The summed E-state index contributed by atoms with van der Waals surface area (Å²) in [5, 5.41) is 9.12. The van der Waals surface area contributed by atoms with Crippen LogP contribution in [0.15, 0.2) is 0 Å². The SMILES string of the molecule is CCC1(C(C)(C)C(OC)C(=O)O)COC1. The fraction of sp³-hybridized carbons (Fsp3) is 0.909. The van der Waals surface area contributed by atoms with E-state index in [4.69, 9.17) is 14.6 Å². The monoisotopic (exact) mass is 216 g/mol. The zero-order valence-electron chi connectivity index (χ0n) is 9.87. The molecule has 1 aliphatic rings. The molecule has 4 heteroatoms. The molecule has 4 nitrogen and oxygen atoms in total. The smallest absolute Gasteiger partial charge is 0.333 e. The lowest BCUT2D eigenvalue weighted by molar-refractivity contribution is -0.216. The van der Waals surface area contributed by atoms with E-state index in [0.29, 0.717) is 13.2 Å². The Balaban J connectivity index is 2.92. The van der Waals surface area contributed by atoms with E-state index in [1.54, 1.807) is 0 Å². The molecular formula is C11H20O4. The van der Waals surface area contributed by atoms with Crippen molar-refractivity contribution in [1.29, 1.82) is 0 Å². The minimum atomic E-state index is -0.901. The van der Waals surface area contributed by atoms with Gasteiger partial charge in [-0.15, -0.1) is 0 Å². The summed E-state index contributed by atoms with van der Waals surface area (Å²) in [5.41, 5.74) is -0.480. The molecule has 0 amide bonds. The molecular weight excluding hydrogens is 196 g/mol. The number of carboxylic acids is 1. The standard InChI is InChI=1S/C11H20O4/c1-5-11(6-15-7-11)10(2,3)8(14-4)9(12)13/h8H,5-7H2,1-4H3,(H,12,13). The molecule has 0 radical (unpaired) electrons. The third-order valence-corrected chi connectivity index (χ3v) is 3.92. The molecule has 1 aliphatic heterocycles. The molecule has 1 unspecified atom stereocenters. The number of methoxy groups -OCH3 is 1. The van der Waals surface area contributed by atoms with Crippen LogP contribution in [0.3, 0.4) is 0 Å². The molecule has 1 heterocycles. The van der Waals surface area contributed by atoms with E-state index < -0.39 is 17.5 Å². The van der Waals surface area contributed by atoms with Gasteiger partial charge < -0.3 is 14.6 Å². The summed E-state index contributed by atoms with van der Waals surface area (Å²) in [4.78, 5) is 11.1. The average Bonchev–Trinajstić information content (AvgIpc) is 2.01. The first kappa shape index (κ1) is 12.5. The number of carboxylic acid groups (broad SMARTS) is 1. The van der Waals surface area contributed by atoms with Gasteiger partial charge in [-0.3, -0.25) is 0 Å². The highest BCUT2D eigenvalue weighted by Crippen LogP contribution is 2.50. The van der Waals surface area contributed by atoms with Crippen LogP contribution < -0.4 is 0 Å². The Labute approximate surface area is 90.6 Å². The van der Waals surface area contributed by atoms with E-state index in [1.165, 1.54) is 7.11 Å². The number of aliphatic carboxylic acids is 1. The topological polar surface area (TPSA) is 55.8 Å². The Kier molecular flexibility index (Phi) is 3.41. The van der Waals surface area contributed by atoms with Gasteiger partial charge in [0.25, 0.3) is 0 Å². The number of carbonyl (C=O) groups is 1. The highest BCUT2D eigenvalue weighted by atomic mass is 16.5. The fourth-order valence-electron chi connectivity index (χ4n) is 2.36. The maximum absolute atomic E-state index is 11.1. The van der Waals surface area contributed by atoms with Gasteiger partial charge in [0.2, 0.25) is 0 Å². The lowest BCUT2D eigenvalue weighted by Gasteiger charge is -2.53. The second-order valence-corrected chi connectivity index (χ2v) is 4.80. The minimum absolute atomic E-state index is 0.0634. The molecule has 1 rings (SSSR count). The van der Waals surface area contributed by atoms with E-state index in [1.807, 2.05) is 13.8 Å². The molecule has 0 aromatic heterocycles. The van der Waals surface area contributed by atoms with Gasteiger partial charge in [-0.05, 0) is 6.42 Å². The van der Waals surface area contributed by atoms with Crippen molar-refractivity contribution in [3.63, 3.8) is 0 Å². The first-order valence-corrected chi connectivity index (χ1v) is 5.24. The molecule has 0 aromatic rings. The number of hydrogen-bond acceptors (Lipinski definition) is 3. The van der Waals surface area contributed by atoms with Crippen LogP contribution in [0.1, 0.15) is 27.2 Å². The second-order valence-electron chi connectivity index (χ2n) is 4.80. The molecule has 1 N–H and O–H groups in total. The van der Waals surface area contributed by atoms with Gasteiger partial charge in [0, 0.05) is 17.9 Å². The molecule has 88 valence electrons. The molecule has 1 saturated heterocycles. The zero-order chi connectivity index (χ0) is 11.7. The Bertz CT molecular complexity index is 237. The van der Waals surface area contributed by atoms with Gasteiger partial charge in [-0.2, -0.15) is 0 Å². The van der Waals surface area contributed by atoms with Gasteiger partial charge in [-0.1, -0.05) is 20.8 Å². The lowest BCUT2D eigenvalue weighted by atomic mass is 9.59. The van der Waals surface area contributed by atoms with Gasteiger partial charge in [-0.25, -0.2) is 4.79 Å². The van der Waals surface area contributed by atoms with Crippen LogP contribution in [-0.4, -0.2) is 37.5 Å². The Morgan fingerprint density at radius 1 is 1.60 bits per heavy atom. The summed E-state index contributed by atoms with van der Waals surface area (Å²) < 4.78 is 10.3. The summed E-state index contributed by atoms with van der Waals surface area (Å²) in [7, 11) is 1.45. The van der Waals surface area contributed by atoms with Gasteiger partial charge in [0.05, 0.1) is 13.2 Å². The van der Waals surface area contributed by atoms with E-state index >= 15 is 0 Å². The maximum atomic E-state index is 11.1. The number of rotatable bonds is 5. The third-order valence-electron chi connectivity index (χ3n) is 3.92. The van der Waals surface area contributed by atoms with Crippen molar-refractivity contribution in [3.05, 3.63) is 0 Å². The van der Waals surface area contributed by atoms with Crippen molar-refractivity contribution < 1.29 is 19.4 Å². The molecule has 0 aromatic carbocycles. The first-order chi connectivity index (χ1) is 6.91. The molecule has 0 bridgehead atoms. The van der Waals surface area contributed by atoms with Crippen molar-refractivity contribution in [3.8, 4) is 0 Å². The highest BCUT2D eigenvalue weighted by Gasteiger charge is 2.55. The molecule has 1 fully saturated rings. The molecule has 15 heavy (non-hydrogen) atoms. The van der Waals surface area contributed by atoms with Gasteiger partial charge in [0.15, 0.2) is 6.10 Å². The van der Waals surface area contributed by atoms with Gasteiger partial charge >= 0.3 is 5.97 Å². The Morgan fingerprint density at radius 2 is 2.13 bits per heavy atom. The molecule has 1 atom stereocenters. The quantitative estimate of drug-likeness (QED) is 0.757. The van der Waals surface area contributed by atoms with Crippen LogP contribution in [0.5, 0.6) is 0 Å². The summed E-state index contributed by atoms with van der Waals surface area (Å²) in [6, 6.07) is 0. The van der Waals surface area contributed by atoms with Crippen LogP contribution in [0.2, 0.25) is 0 Å². The van der Waals surface area contributed by atoms with Crippen molar-refractivity contribution in [2.24, 2.45) is 10.8 Å². The predicted molar refractivity (Wildman–Crippen MR) is 55.8 cm³/mol. The van der Waals surface area contributed by atoms with Gasteiger partial charge in [0.1, 0.15) is 0 Å². The molecule has 0 aliphatic carbocycles. The predicted octanol–water partition coefficient (Wildman–Crippen LogP) is 1.54. The lowest BCUT2D eigenvalue weighted by Crippen LogP contribution is -2.59.